The van der Waals surface area contributed by atoms with Gasteiger partial charge in [-0.15, -0.1) is 0 Å². The molecule has 0 heterocycles. The predicted molar refractivity (Wildman–Crippen MR) is 72.8 cm³/mol. The first-order valence-electron chi connectivity index (χ1n) is 6.06. The van der Waals surface area contributed by atoms with Gasteiger partial charge in [-0.05, 0) is 17.5 Å². The maximum Gasteiger partial charge on any atom is 0.312 e. The van der Waals surface area contributed by atoms with E-state index in [0.717, 1.165) is 0 Å². The highest BCUT2D eigenvalue weighted by atomic mass is 16.5. The summed E-state index contributed by atoms with van der Waals surface area (Å²) in [5.41, 5.74) is 6.31. The molecule has 0 amide bonds. The van der Waals surface area contributed by atoms with Gasteiger partial charge in [0.15, 0.2) is 0 Å². The number of aromatic hydroxyl groups is 1. The smallest absolute Gasteiger partial charge is 0.312 e. The predicted octanol–water partition coefficient (Wildman–Crippen LogP) is 1.83. The number of carboxylic acid groups (broad SMARTS) is 1. The number of nitrogens with two attached hydrogens (primary N) is 1. The molecule has 0 aliphatic rings. The van der Waals surface area contributed by atoms with Crippen molar-refractivity contribution in [2.75, 3.05) is 13.7 Å². The largest absolute Gasteiger partial charge is 0.508 e. The van der Waals surface area contributed by atoms with Crippen LogP contribution in [0.1, 0.15) is 37.8 Å². The second-order valence-electron chi connectivity index (χ2n) is 5.49. The molecule has 0 aliphatic heterocycles. The van der Waals surface area contributed by atoms with E-state index in [0.29, 0.717) is 16.9 Å². The zero-order chi connectivity index (χ0) is 14.8. The minimum Gasteiger partial charge on any atom is -0.508 e. The van der Waals surface area contributed by atoms with Crippen LogP contribution in [-0.4, -0.2) is 29.8 Å². The zero-order valence-corrected chi connectivity index (χ0v) is 11.7. The lowest BCUT2D eigenvalue weighted by Crippen LogP contribution is -2.22. The van der Waals surface area contributed by atoms with E-state index < -0.39 is 11.9 Å². The van der Waals surface area contributed by atoms with E-state index in [-0.39, 0.29) is 17.7 Å². The molecule has 0 saturated heterocycles. The fourth-order valence-corrected chi connectivity index (χ4v) is 2.00. The minimum absolute atomic E-state index is 0.0556. The van der Waals surface area contributed by atoms with Crippen LogP contribution in [0.3, 0.4) is 0 Å². The number of carboxylic acids is 1. The average molecular weight is 267 g/mol. The molecule has 106 valence electrons. The lowest BCUT2D eigenvalue weighted by Gasteiger charge is -2.23. The molecule has 5 nitrogen and oxygen atoms in total. The Bertz CT molecular complexity index is 477. The summed E-state index contributed by atoms with van der Waals surface area (Å²) >= 11 is 0. The van der Waals surface area contributed by atoms with Gasteiger partial charge in [0.25, 0.3) is 0 Å². The summed E-state index contributed by atoms with van der Waals surface area (Å²) in [6.45, 7) is 5.82. The molecule has 4 N–H and O–H groups in total. The van der Waals surface area contributed by atoms with E-state index in [9.17, 15) is 9.90 Å². The fraction of sp³-hybridized carbons (Fsp3) is 0.500. The number of phenolic OH excluding ortho intramolecular Hbond substituents is 1. The molecule has 19 heavy (non-hydrogen) atoms. The normalized spacial score (nSPS) is 13.1. The fourth-order valence-electron chi connectivity index (χ4n) is 2.00. The molecule has 5 heteroatoms. The van der Waals surface area contributed by atoms with Crippen molar-refractivity contribution in [1.82, 2.24) is 0 Å². The Morgan fingerprint density at radius 2 is 2.00 bits per heavy atom. The van der Waals surface area contributed by atoms with Crippen LogP contribution < -0.4 is 10.5 Å². The molecule has 0 fully saturated rings. The molecule has 1 rings (SSSR count). The first kappa shape index (κ1) is 15.3. The Morgan fingerprint density at radius 1 is 1.42 bits per heavy atom. The summed E-state index contributed by atoms with van der Waals surface area (Å²) in [6, 6.07) is 3.11. The van der Waals surface area contributed by atoms with Crippen LogP contribution in [0.5, 0.6) is 11.5 Å². The quantitative estimate of drug-likeness (QED) is 0.774. The highest BCUT2D eigenvalue weighted by Gasteiger charge is 2.26. The van der Waals surface area contributed by atoms with Crippen molar-refractivity contribution in [1.29, 1.82) is 0 Å². The summed E-state index contributed by atoms with van der Waals surface area (Å²) in [5, 5.41) is 19.2. The van der Waals surface area contributed by atoms with Crippen molar-refractivity contribution in [2.24, 2.45) is 5.73 Å². The number of hydrogen-bond acceptors (Lipinski definition) is 4. The van der Waals surface area contributed by atoms with Crippen molar-refractivity contribution >= 4 is 5.97 Å². The number of hydrogen-bond donors (Lipinski definition) is 3. The standard InChI is InChI=1S/C14H21NO4/c1-14(2,3)10-6-12(19-4)8(5-11(10)16)9(7-15)13(17)18/h5-6,9,16H,7,15H2,1-4H3,(H,17,18). The zero-order valence-electron chi connectivity index (χ0n) is 11.7. The van der Waals surface area contributed by atoms with E-state index in [1.54, 1.807) is 6.07 Å². The van der Waals surface area contributed by atoms with Crippen molar-refractivity contribution in [3.8, 4) is 11.5 Å². The average Bonchev–Trinajstić information content (AvgIpc) is 2.28. The van der Waals surface area contributed by atoms with Crippen molar-refractivity contribution < 1.29 is 19.7 Å². The molecule has 0 aliphatic carbocycles. The van der Waals surface area contributed by atoms with Crippen LogP contribution in [0.4, 0.5) is 0 Å². The molecule has 0 aromatic heterocycles. The van der Waals surface area contributed by atoms with E-state index >= 15 is 0 Å². The first-order chi connectivity index (χ1) is 8.72. The monoisotopic (exact) mass is 267 g/mol. The molecule has 1 unspecified atom stereocenters. The van der Waals surface area contributed by atoms with E-state index in [1.807, 2.05) is 20.8 Å². The summed E-state index contributed by atoms with van der Waals surface area (Å²) < 4.78 is 5.24. The third-order valence-electron chi connectivity index (χ3n) is 3.07. The number of rotatable bonds is 4. The number of benzene rings is 1. The maximum absolute atomic E-state index is 11.2. The van der Waals surface area contributed by atoms with Crippen LogP contribution >= 0.6 is 0 Å². The number of methoxy groups -OCH3 is 1. The van der Waals surface area contributed by atoms with Crippen LogP contribution in [0.15, 0.2) is 12.1 Å². The second kappa shape index (κ2) is 5.48. The van der Waals surface area contributed by atoms with Gasteiger partial charge in [-0.3, -0.25) is 4.79 Å². The molecule has 0 bridgehead atoms. The molecule has 1 aromatic carbocycles. The van der Waals surface area contributed by atoms with E-state index in [4.69, 9.17) is 15.6 Å². The third-order valence-corrected chi connectivity index (χ3v) is 3.07. The Kier molecular flexibility index (Phi) is 4.42. The van der Waals surface area contributed by atoms with Crippen LogP contribution in [-0.2, 0) is 10.2 Å². The highest BCUT2D eigenvalue weighted by Crippen LogP contribution is 2.38. The van der Waals surface area contributed by atoms with Gasteiger partial charge in [0.05, 0.1) is 13.0 Å². The number of ether oxygens (including phenoxy) is 1. The van der Waals surface area contributed by atoms with Crippen LogP contribution in [0.2, 0.25) is 0 Å². The number of aliphatic carboxylic acids is 1. The number of carbonyl (C=O) groups is 1. The first-order valence-corrected chi connectivity index (χ1v) is 6.06. The van der Waals surface area contributed by atoms with Gasteiger partial charge in [-0.2, -0.15) is 0 Å². The molecular formula is C14H21NO4. The van der Waals surface area contributed by atoms with Gasteiger partial charge < -0.3 is 20.7 Å². The Labute approximate surface area is 113 Å². The second-order valence-corrected chi connectivity index (χ2v) is 5.49. The number of phenols is 1. The molecular weight excluding hydrogens is 246 g/mol. The summed E-state index contributed by atoms with van der Waals surface area (Å²) in [4.78, 5) is 11.2. The molecule has 0 spiro atoms. The minimum atomic E-state index is -1.04. The van der Waals surface area contributed by atoms with Gasteiger partial charge in [0, 0.05) is 17.7 Å². The van der Waals surface area contributed by atoms with Gasteiger partial charge in [0.1, 0.15) is 11.5 Å². The van der Waals surface area contributed by atoms with Crippen LogP contribution in [0.25, 0.3) is 0 Å². The molecule has 1 aromatic rings. The molecule has 0 saturated carbocycles. The third kappa shape index (κ3) is 3.17. The lowest BCUT2D eigenvalue weighted by molar-refractivity contribution is -0.138. The summed E-state index contributed by atoms with van der Waals surface area (Å²) in [6.07, 6.45) is 0. The van der Waals surface area contributed by atoms with Gasteiger partial charge in [-0.1, -0.05) is 20.8 Å². The van der Waals surface area contributed by atoms with Gasteiger partial charge in [-0.25, -0.2) is 0 Å². The van der Waals surface area contributed by atoms with Crippen molar-refractivity contribution in [3.05, 3.63) is 23.3 Å². The summed E-state index contributed by atoms with van der Waals surface area (Å²) in [5.74, 6) is -1.44. The maximum atomic E-state index is 11.2. The lowest BCUT2D eigenvalue weighted by atomic mass is 9.84. The highest BCUT2D eigenvalue weighted by molar-refractivity contribution is 5.78. The summed E-state index contributed by atoms with van der Waals surface area (Å²) in [7, 11) is 1.47. The van der Waals surface area contributed by atoms with Gasteiger partial charge in [0.2, 0.25) is 0 Å². The SMILES string of the molecule is COc1cc(C(C)(C)C)c(O)cc1C(CN)C(=O)O. The van der Waals surface area contributed by atoms with E-state index in [1.165, 1.54) is 13.2 Å². The Morgan fingerprint density at radius 3 is 2.37 bits per heavy atom. The molecule has 0 radical (unpaired) electrons. The van der Waals surface area contributed by atoms with Gasteiger partial charge >= 0.3 is 5.97 Å². The van der Waals surface area contributed by atoms with E-state index in [2.05, 4.69) is 0 Å². The van der Waals surface area contributed by atoms with Crippen molar-refractivity contribution in [2.45, 2.75) is 32.1 Å². The Balaban J connectivity index is 3.44. The van der Waals surface area contributed by atoms with Crippen LogP contribution in [0, 0.1) is 0 Å². The van der Waals surface area contributed by atoms with Crippen molar-refractivity contribution in [3.63, 3.8) is 0 Å². The Hall–Kier alpha value is -1.75. The topological polar surface area (TPSA) is 92.8 Å². The molecule has 1 atom stereocenters.